The third kappa shape index (κ3) is 7.49. The van der Waals surface area contributed by atoms with E-state index >= 15 is 0 Å². The Kier molecular flexibility index (Phi) is 7.56. The summed E-state index contributed by atoms with van der Waals surface area (Å²) in [4.78, 5) is 35.0. The molecule has 28 heavy (non-hydrogen) atoms. The molecule has 0 aliphatic rings. The van der Waals surface area contributed by atoms with Gasteiger partial charge in [-0.1, -0.05) is 19.9 Å². The van der Waals surface area contributed by atoms with E-state index in [0.29, 0.717) is 23.7 Å². The number of amides is 3. The molecule has 7 heteroatoms. The van der Waals surface area contributed by atoms with Crippen LogP contribution in [-0.4, -0.2) is 24.3 Å². The first-order chi connectivity index (χ1) is 13.3. The molecule has 0 saturated heterocycles. The van der Waals surface area contributed by atoms with Crippen molar-refractivity contribution < 1.29 is 14.4 Å². The minimum absolute atomic E-state index is 0.0171. The topological polar surface area (TPSA) is 99.3 Å². The highest BCUT2D eigenvalue weighted by atomic mass is 16.2. The number of carbonyl (C=O) groups excluding carboxylic acids is 3. The predicted octanol–water partition coefficient (Wildman–Crippen LogP) is 3.68. The van der Waals surface area contributed by atoms with Crippen molar-refractivity contribution in [1.82, 2.24) is 0 Å². The van der Waals surface area contributed by atoms with Crippen LogP contribution in [0.25, 0.3) is 0 Å². The maximum atomic E-state index is 12.1. The molecule has 0 fully saturated rings. The highest BCUT2D eigenvalue weighted by molar-refractivity contribution is 5.95. The number of rotatable bonds is 8. The standard InChI is InChI=1S/C21H26N4O3/c1-14(2)11-20(27)24-17-9-7-16(8-10-17)22-13-21(28)25-19-6-4-5-18(12-19)23-15(3)26/h4-10,12,14,22H,11,13H2,1-3H3,(H,23,26)(H,24,27)(H,25,28). The molecule has 0 spiro atoms. The molecular weight excluding hydrogens is 356 g/mol. The lowest BCUT2D eigenvalue weighted by Gasteiger charge is -2.11. The average molecular weight is 382 g/mol. The molecule has 0 atom stereocenters. The molecule has 3 amide bonds. The van der Waals surface area contributed by atoms with Crippen molar-refractivity contribution in [2.75, 3.05) is 27.8 Å². The van der Waals surface area contributed by atoms with E-state index in [-0.39, 0.29) is 24.3 Å². The number of nitrogens with one attached hydrogen (secondary N) is 4. The van der Waals surface area contributed by atoms with Crippen LogP contribution in [0, 0.1) is 5.92 Å². The quantitative estimate of drug-likeness (QED) is 0.560. The minimum atomic E-state index is -0.214. The summed E-state index contributed by atoms with van der Waals surface area (Å²) in [7, 11) is 0. The Bertz CT molecular complexity index is 832. The van der Waals surface area contributed by atoms with Gasteiger partial charge in [0.2, 0.25) is 17.7 Å². The third-order valence-electron chi connectivity index (χ3n) is 3.68. The summed E-state index contributed by atoms with van der Waals surface area (Å²) in [6.07, 6.45) is 0.476. The summed E-state index contributed by atoms with van der Waals surface area (Å²) in [5.74, 6) is -0.0989. The van der Waals surface area contributed by atoms with Crippen LogP contribution in [-0.2, 0) is 14.4 Å². The van der Waals surface area contributed by atoms with E-state index in [2.05, 4.69) is 21.3 Å². The molecule has 148 valence electrons. The van der Waals surface area contributed by atoms with Crippen LogP contribution in [0.2, 0.25) is 0 Å². The monoisotopic (exact) mass is 382 g/mol. The molecule has 2 aromatic rings. The zero-order valence-corrected chi connectivity index (χ0v) is 16.3. The van der Waals surface area contributed by atoms with Gasteiger partial charge in [0, 0.05) is 36.1 Å². The fraction of sp³-hybridized carbons (Fsp3) is 0.286. The molecule has 7 nitrogen and oxygen atoms in total. The molecule has 2 rings (SSSR count). The second-order valence-electron chi connectivity index (χ2n) is 6.89. The van der Waals surface area contributed by atoms with Crippen LogP contribution >= 0.6 is 0 Å². The van der Waals surface area contributed by atoms with Crippen LogP contribution < -0.4 is 21.3 Å². The van der Waals surface area contributed by atoms with Crippen LogP contribution in [0.4, 0.5) is 22.7 Å². The Morgan fingerprint density at radius 3 is 1.96 bits per heavy atom. The molecule has 0 aromatic heterocycles. The zero-order valence-electron chi connectivity index (χ0n) is 16.3. The maximum absolute atomic E-state index is 12.1. The summed E-state index contributed by atoms with van der Waals surface area (Å²) in [5.41, 5.74) is 2.70. The second kappa shape index (κ2) is 10.1. The minimum Gasteiger partial charge on any atom is -0.376 e. The Hall–Kier alpha value is -3.35. The largest absolute Gasteiger partial charge is 0.376 e. The molecule has 0 radical (unpaired) electrons. The van der Waals surface area contributed by atoms with Crippen molar-refractivity contribution in [1.29, 1.82) is 0 Å². The van der Waals surface area contributed by atoms with Crippen LogP contribution in [0.5, 0.6) is 0 Å². The number of hydrogen-bond donors (Lipinski definition) is 4. The first-order valence-corrected chi connectivity index (χ1v) is 9.13. The van der Waals surface area contributed by atoms with Gasteiger partial charge >= 0.3 is 0 Å². The van der Waals surface area contributed by atoms with E-state index in [1.54, 1.807) is 48.5 Å². The van der Waals surface area contributed by atoms with E-state index < -0.39 is 0 Å². The number of hydrogen-bond acceptors (Lipinski definition) is 4. The Labute approximate surface area is 164 Å². The van der Waals surface area contributed by atoms with E-state index in [1.807, 2.05) is 13.8 Å². The summed E-state index contributed by atoms with van der Waals surface area (Å²) in [6, 6.07) is 14.1. The van der Waals surface area contributed by atoms with Gasteiger partial charge in [0.05, 0.1) is 6.54 Å². The zero-order chi connectivity index (χ0) is 20.5. The fourth-order valence-corrected chi connectivity index (χ4v) is 2.52. The first-order valence-electron chi connectivity index (χ1n) is 9.13. The Morgan fingerprint density at radius 2 is 1.36 bits per heavy atom. The first kappa shape index (κ1) is 21.0. The Morgan fingerprint density at radius 1 is 0.786 bits per heavy atom. The summed E-state index contributed by atoms with van der Waals surface area (Å²) in [5, 5.41) is 11.3. The molecule has 0 aliphatic carbocycles. The van der Waals surface area contributed by atoms with Gasteiger partial charge in [0.15, 0.2) is 0 Å². The fourth-order valence-electron chi connectivity index (χ4n) is 2.52. The van der Waals surface area contributed by atoms with Crippen molar-refractivity contribution in [3.63, 3.8) is 0 Å². The van der Waals surface area contributed by atoms with Gasteiger partial charge in [-0.3, -0.25) is 14.4 Å². The summed E-state index contributed by atoms with van der Waals surface area (Å²) >= 11 is 0. The van der Waals surface area contributed by atoms with Gasteiger partial charge in [-0.15, -0.1) is 0 Å². The summed E-state index contributed by atoms with van der Waals surface area (Å²) < 4.78 is 0. The smallest absolute Gasteiger partial charge is 0.243 e. The number of benzene rings is 2. The molecule has 0 aliphatic heterocycles. The maximum Gasteiger partial charge on any atom is 0.243 e. The third-order valence-corrected chi connectivity index (χ3v) is 3.68. The predicted molar refractivity (Wildman–Crippen MR) is 112 cm³/mol. The SMILES string of the molecule is CC(=O)Nc1cccc(NC(=O)CNc2ccc(NC(=O)CC(C)C)cc2)c1. The van der Waals surface area contributed by atoms with Gasteiger partial charge in [-0.2, -0.15) is 0 Å². The van der Waals surface area contributed by atoms with Gasteiger partial charge in [-0.05, 0) is 48.4 Å². The van der Waals surface area contributed by atoms with Crippen LogP contribution in [0.3, 0.4) is 0 Å². The van der Waals surface area contributed by atoms with Crippen LogP contribution in [0.1, 0.15) is 27.2 Å². The van der Waals surface area contributed by atoms with Crippen molar-refractivity contribution in [3.8, 4) is 0 Å². The molecule has 0 saturated carbocycles. The van der Waals surface area contributed by atoms with Gasteiger partial charge < -0.3 is 21.3 Å². The summed E-state index contributed by atoms with van der Waals surface area (Å²) in [6.45, 7) is 5.50. The second-order valence-corrected chi connectivity index (χ2v) is 6.89. The molecule has 0 heterocycles. The van der Waals surface area contributed by atoms with E-state index in [1.165, 1.54) is 6.92 Å². The van der Waals surface area contributed by atoms with Crippen molar-refractivity contribution in [3.05, 3.63) is 48.5 Å². The lowest BCUT2D eigenvalue weighted by atomic mass is 10.1. The van der Waals surface area contributed by atoms with Crippen molar-refractivity contribution in [2.45, 2.75) is 27.2 Å². The highest BCUT2D eigenvalue weighted by Gasteiger charge is 2.06. The van der Waals surface area contributed by atoms with E-state index in [0.717, 1.165) is 11.4 Å². The van der Waals surface area contributed by atoms with Gasteiger partial charge in [0.25, 0.3) is 0 Å². The normalized spacial score (nSPS) is 10.3. The lowest BCUT2D eigenvalue weighted by Crippen LogP contribution is -2.21. The molecule has 0 bridgehead atoms. The number of carbonyl (C=O) groups is 3. The van der Waals surface area contributed by atoms with Crippen molar-refractivity contribution in [2.24, 2.45) is 5.92 Å². The number of anilines is 4. The average Bonchev–Trinajstić information content (AvgIpc) is 2.60. The Balaban J connectivity index is 1.82. The molecular formula is C21H26N4O3. The van der Waals surface area contributed by atoms with Crippen molar-refractivity contribution >= 4 is 40.5 Å². The molecule has 4 N–H and O–H groups in total. The highest BCUT2D eigenvalue weighted by Crippen LogP contribution is 2.16. The van der Waals surface area contributed by atoms with Gasteiger partial charge in [-0.25, -0.2) is 0 Å². The molecule has 2 aromatic carbocycles. The lowest BCUT2D eigenvalue weighted by molar-refractivity contribution is -0.117. The molecule has 0 unspecified atom stereocenters. The van der Waals surface area contributed by atoms with Gasteiger partial charge in [0.1, 0.15) is 0 Å². The van der Waals surface area contributed by atoms with E-state index in [4.69, 9.17) is 0 Å². The van der Waals surface area contributed by atoms with Crippen LogP contribution in [0.15, 0.2) is 48.5 Å². The van der Waals surface area contributed by atoms with E-state index in [9.17, 15) is 14.4 Å².